The zero-order valence-electron chi connectivity index (χ0n) is 13.7. The fourth-order valence-electron chi connectivity index (χ4n) is 3.48. The molecule has 4 rings (SSSR count). The number of carbonyl (C=O) groups excluding carboxylic acids is 1. The molecule has 0 spiro atoms. The molecule has 128 valence electrons. The molecular weight excluding hydrogens is 427 g/mol. The Bertz CT molecular complexity index is 919. The van der Waals surface area contributed by atoms with Crippen molar-refractivity contribution in [3.05, 3.63) is 59.8 Å². The van der Waals surface area contributed by atoms with Crippen LogP contribution in [0.3, 0.4) is 0 Å². The number of carbonyl (C=O) groups is 1. The Balaban J connectivity index is 1.65. The van der Waals surface area contributed by atoms with Crippen LogP contribution in [0, 0.1) is 0 Å². The maximum Gasteiger partial charge on any atom is 0.250 e. The summed E-state index contributed by atoms with van der Waals surface area (Å²) in [7, 11) is 0. The van der Waals surface area contributed by atoms with E-state index in [0.29, 0.717) is 17.0 Å². The second-order valence-electron chi connectivity index (χ2n) is 6.48. The van der Waals surface area contributed by atoms with Crippen molar-refractivity contribution in [2.45, 2.75) is 18.8 Å². The monoisotopic (exact) mass is 446 g/mol. The minimum atomic E-state index is -0.452. The molecule has 1 aromatic heterocycles. The van der Waals surface area contributed by atoms with Gasteiger partial charge in [-0.05, 0) is 42.5 Å². The summed E-state index contributed by atoms with van der Waals surface area (Å²) < 4.78 is 4.18. The van der Waals surface area contributed by atoms with E-state index in [1.807, 2.05) is 23.0 Å². The minimum absolute atomic E-state index is 0.452. The van der Waals surface area contributed by atoms with E-state index in [-0.39, 0.29) is 0 Å². The highest BCUT2D eigenvalue weighted by Crippen LogP contribution is 2.29. The van der Waals surface area contributed by atoms with E-state index in [4.69, 9.17) is 5.73 Å². The maximum atomic E-state index is 11.6. The summed E-state index contributed by atoms with van der Waals surface area (Å²) in [6.07, 6.45) is 4.42. The van der Waals surface area contributed by atoms with Crippen molar-refractivity contribution in [3.8, 4) is 5.69 Å². The number of amides is 1. The Hall–Kier alpha value is -1.93. The Labute approximate surface area is 160 Å². The number of benzene rings is 2. The molecule has 3 aromatic rings. The normalized spacial score (nSPS) is 18.5. The number of hydrogen-bond donors (Lipinski definition) is 1. The molecule has 0 bridgehead atoms. The predicted octanol–water partition coefficient (Wildman–Crippen LogP) is 3.65. The van der Waals surface area contributed by atoms with E-state index < -0.39 is 5.91 Å². The lowest BCUT2D eigenvalue weighted by Gasteiger charge is -2.28. The number of nitrogens with zero attached hydrogens (tertiary/aromatic N) is 3. The van der Waals surface area contributed by atoms with Crippen molar-refractivity contribution < 1.29 is 4.79 Å². The van der Waals surface area contributed by atoms with E-state index in [9.17, 15) is 4.79 Å². The van der Waals surface area contributed by atoms with Crippen LogP contribution in [0.5, 0.6) is 0 Å². The first kappa shape index (κ1) is 16.5. The molecule has 1 amide bonds. The van der Waals surface area contributed by atoms with Crippen molar-refractivity contribution in [1.82, 2.24) is 12.9 Å². The summed E-state index contributed by atoms with van der Waals surface area (Å²) in [5, 5.41) is 5.48. The highest BCUT2D eigenvalue weighted by Gasteiger charge is 2.19. The van der Waals surface area contributed by atoms with Gasteiger partial charge in [-0.15, -0.1) is 0 Å². The zero-order chi connectivity index (χ0) is 17.4. The van der Waals surface area contributed by atoms with Crippen LogP contribution in [0.4, 0.5) is 0 Å². The van der Waals surface area contributed by atoms with Crippen LogP contribution >= 0.6 is 22.9 Å². The molecule has 0 saturated carbocycles. The van der Waals surface area contributed by atoms with Crippen molar-refractivity contribution in [2.75, 3.05) is 13.1 Å². The molecule has 1 atom stereocenters. The molecule has 5 nitrogen and oxygen atoms in total. The molecule has 25 heavy (non-hydrogen) atoms. The van der Waals surface area contributed by atoms with Crippen molar-refractivity contribution in [3.63, 3.8) is 0 Å². The number of piperidine rings is 1. The number of rotatable bonds is 3. The van der Waals surface area contributed by atoms with E-state index in [2.05, 4.69) is 55.3 Å². The van der Waals surface area contributed by atoms with Crippen LogP contribution < -0.4 is 5.73 Å². The lowest BCUT2D eigenvalue weighted by Crippen LogP contribution is -2.26. The van der Waals surface area contributed by atoms with Gasteiger partial charge in [0.05, 0.1) is 11.3 Å². The van der Waals surface area contributed by atoms with Gasteiger partial charge in [0.1, 0.15) is 5.52 Å². The molecule has 0 radical (unpaired) electrons. The summed E-state index contributed by atoms with van der Waals surface area (Å²) in [6.45, 7) is 2.28. The molecule has 6 heteroatoms. The number of halogens is 1. The number of aromatic nitrogens is 2. The third kappa shape index (κ3) is 3.28. The first-order chi connectivity index (χ1) is 12.1. The highest BCUT2D eigenvalue weighted by atomic mass is 127. The van der Waals surface area contributed by atoms with Crippen molar-refractivity contribution >= 4 is 39.7 Å². The summed E-state index contributed by atoms with van der Waals surface area (Å²) in [5.74, 6) is 0.143. The van der Waals surface area contributed by atoms with Crippen LogP contribution in [0.1, 0.15) is 34.7 Å². The van der Waals surface area contributed by atoms with Crippen LogP contribution in [0.15, 0.2) is 48.7 Å². The Kier molecular flexibility index (Phi) is 4.47. The third-order valence-electron chi connectivity index (χ3n) is 4.80. The molecule has 1 aliphatic rings. The number of primary amides is 1. The average Bonchev–Trinajstić information content (AvgIpc) is 3.06. The largest absolute Gasteiger partial charge is 0.366 e. The number of hydrogen-bond acceptors (Lipinski definition) is 3. The summed E-state index contributed by atoms with van der Waals surface area (Å²) in [5.41, 5.74) is 8.91. The molecule has 2 heterocycles. The van der Waals surface area contributed by atoms with Gasteiger partial charge in [-0.2, -0.15) is 5.10 Å². The fraction of sp³-hybridized carbons (Fsp3) is 0.263. The number of nitrogens with two attached hydrogens (primary N) is 1. The first-order valence-electron chi connectivity index (χ1n) is 8.41. The van der Waals surface area contributed by atoms with Gasteiger partial charge < -0.3 is 5.73 Å². The summed E-state index contributed by atoms with van der Waals surface area (Å²) in [4.78, 5) is 11.6. The van der Waals surface area contributed by atoms with Crippen molar-refractivity contribution in [1.29, 1.82) is 0 Å². The molecule has 0 unspecified atom stereocenters. The molecule has 1 aliphatic heterocycles. The molecular formula is C19H19IN4O. The lowest BCUT2D eigenvalue weighted by atomic mass is 9.92. The fourth-order valence-corrected chi connectivity index (χ4v) is 4.30. The molecule has 2 N–H and O–H groups in total. The van der Waals surface area contributed by atoms with Crippen LogP contribution in [0.2, 0.25) is 0 Å². The minimum Gasteiger partial charge on any atom is -0.366 e. The van der Waals surface area contributed by atoms with E-state index >= 15 is 0 Å². The Morgan fingerprint density at radius 2 is 2.00 bits per heavy atom. The van der Waals surface area contributed by atoms with Gasteiger partial charge in [0.25, 0.3) is 5.91 Å². The van der Waals surface area contributed by atoms with Gasteiger partial charge >= 0.3 is 0 Å². The molecule has 1 fully saturated rings. The summed E-state index contributed by atoms with van der Waals surface area (Å²) >= 11 is 2.41. The highest BCUT2D eigenvalue weighted by molar-refractivity contribution is 14.1. The van der Waals surface area contributed by atoms with Gasteiger partial charge in [-0.3, -0.25) is 4.79 Å². The van der Waals surface area contributed by atoms with Crippen molar-refractivity contribution in [2.24, 2.45) is 5.73 Å². The van der Waals surface area contributed by atoms with E-state index in [1.54, 1.807) is 6.07 Å². The van der Waals surface area contributed by atoms with E-state index in [0.717, 1.165) is 17.6 Å². The average molecular weight is 446 g/mol. The van der Waals surface area contributed by atoms with Gasteiger partial charge in [0.2, 0.25) is 0 Å². The second-order valence-corrected chi connectivity index (χ2v) is 7.85. The second kappa shape index (κ2) is 6.76. The van der Waals surface area contributed by atoms with Gasteiger partial charge in [-0.25, -0.2) is 7.80 Å². The quantitative estimate of drug-likeness (QED) is 0.494. The maximum absolute atomic E-state index is 11.6. The van der Waals surface area contributed by atoms with Crippen LogP contribution in [-0.2, 0) is 0 Å². The van der Waals surface area contributed by atoms with E-state index in [1.165, 1.54) is 24.9 Å². The zero-order valence-corrected chi connectivity index (χ0v) is 15.9. The standard InChI is InChI=1S/C19H19IN4O/c20-23-10-2-4-14(11-23)13-6-8-16(9-7-13)24-12-15-3-1-5-17(19(21)25)18(15)22-24/h1,3,5-9,12,14H,2,4,10-11H2,(H2,21,25)/t14-/m0/s1. The van der Waals surface area contributed by atoms with Crippen LogP contribution in [-0.4, -0.2) is 31.9 Å². The summed E-state index contributed by atoms with van der Waals surface area (Å²) in [6, 6.07) is 14.1. The SMILES string of the molecule is NC(=O)c1cccc2cn(-c3ccc([C@H]4CCCN(I)C4)cc3)nc12. The first-order valence-corrected chi connectivity index (χ1v) is 9.37. The lowest BCUT2D eigenvalue weighted by molar-refractivity contribution is 0.100. The van der Waals surface area contributed by atoms with Gasteiger partial charge in [0, 0.05) is 47.5 Å². The molecule has 2 aromatic carbocycles. The molecule has 1 saturated heterocycles. The third-order valence-corrected chi connectivity index (χ3v) is 5.68. The predicted molar refractivity (Wildman–Crippen MR) is 107 cm³/mol. The number of fused-ring (bicyclic) bond motifs is 1. The Morgan fingerprint density at radius 3 is 2.72 bits per heavy atom. The van der Waals surface area contributed by atoms with Gasteiger partial charge in [-0.1, -0.05) is 24.3 Å². The van der Waals surface area contributed by atoms with Gasteiger partial charge in [0.15, 0.2) is 0 Å². The van der Waals surface area contributed by atoms with Crippen LogP contribution in [0.25, 0.3) is 16.6 Å². The molecule has 0 aliphatic carbocycles. The topological polar surface area (TPSA) is 64.2 Å². The smallest absolute Gasteiger partial charge is 0.250 e. The Morgan fingerprint density at radius 1 is 1.20 bits per heavy atom.